The second-order valence-corrected chi connectivity index (χ2v) is 5.83. The molecule has 2 aromatic heterocycles. The number of rotatable bonds is 5. The summed E-state index contributed by atoms with van der Waals surface area (Å²) in [6, 6.07) is 2.72. The first-order valence-corrected chi connectivity index (χ1v) is 7.83. The van der Waals surface area contributed by atoms with Crippen molar-refractivity contribution in [1.82, 2.24) is 25.1 Å². The molecule has 3 rings (SSSR count). The molecular weight excluding hydrogens is 262 g/mol. The van der Waals surface area contributed by atoms with E-state index in [1.165, 1.54) is 32.1 Å². The van der Waals surface area contributed by atoms with Crippen LogP contribution in [0.2, 0.25) is 0 Å². The second-order valence-electron chi connectivity index (χ2n) is 5.83. The predicted octanol–water partition coefficient (Wildman–Crippen LogP) is 2.78. The van der Waals surface area contributed by atoms with Gasteiger partial charge in [0, 0.05) is 31.7 Å². The quantitative estimate of drug-likeness (QED) is 0.917. The average molecular weight is 285 g/mol. The lowest BCUT2D eigenvalue weighted by molar-refractivity contribution is 0.327. The maximum Gasteiger partial charge on any atom is 0.0762 e. The summed E-state index contributed by atoms with van der Waals surface area (Å²) in [7, 11) is 0. The van der Waals surface area contributed by atoms with Gasteiger partial charge in [-0.15, -0.1) is 0 Å². The fourth-order valence-corrected chi connectivity index (χ4v) is 2.85. The maximum atomic E-state index is 4.70. The normalized spacial score (nSPS) is 16.2. The van der Waals surface area contributed by atoms with Crippen molar-refractivity contribution in [2.75, 3.05) is 0 Å². The van der Waals surface area contributed by atoms with Crippen LogP contribution in [0.4, 0.5) is 0 Å². The van der Waals surface area contributed by atoms with Crippen LogP contribution in [0.25, 0.3) is 0 Å². The van der Waals surface area contributed by atoms with E-state index in [4.69, 9.17) is 5.10 Å². The minimum absolute atomic E-state index is 0.607. The zero-order valence-electron chi connectivity index (χ0n) is 12.6. The molecule has 0 spiro atoms. The molecule has 5 nitrogen and oxygen atoms in total. The van der Waals surface area contributed by atoms with Crippen molar-refractivity contribution in [3.05, 3.63) is 41.7 Å². The molecule has 0 aliphatic heterocycles. The van der Waals surface area contributed by atoms with Crippen LogP contribution < -0.4 is 5.32 Å². The van der Waals surface area contributed by atoms with E-state index < -0.39 is 0 Å². The number of aryl methyl sites for hydroxylation is 1. The molecule has 1 aliphatic carbocycles. The molecule has 112 valence electrons. The summed E-state index contributed by atoms with van der Waals surface area (Å²) in [5, 5.41) is 8.07. The highest BCUT2D eigenvalue weighted by Gasteiger charge is 2.15. The van der Waals surface area contributed by atoms with Crippen LogP contribution in [0.3, 0.4) is 0 Å². The third kappa shape index (κ3) is 3.88. The maximum absolute atomic E-state index is 4.70. The lowest BCUT2D eigenvalue weighted by atomic mass is 9.96. The van der Waals surface area contributed by atoms with Crippen molar-refractivity contribution in [2.45, 2.75) is 58.2 Å². The van der Waals surface area contributed by atoms with Crippen LogP contribution in [-0.4, -0.2) is 19.7 Å². The van der Waals surface area contributed by atoms with E-state index in [1.807, 2.05) is 13.1 Å². The summed E-state index contributed by atoms with van der Waals surface area (Å²) in [6.45, 7) is 3.45. The molecule has 1 aliphatic rings. The summed E-state index contributed by atoms with van der Waals surface area (Å²) < 4.78 is 2.15. The molecule has 1 fully saturated rings. The Kier molecular flexibility index (Phi) is 4.60. The van der Waals surface area contributed by atoms with Crippen molar-refractivity contribution >= 4 is 0 Å². The Balaban J connectivity index is 1.49. The van der Waals surface area contributed by atoms with Crippen molar-refractivity contribution in [3.8, 4) is 0 Å². The molecular formula is C16H23N5. The number of nitrogens with zero attached hydrogens (tertiary/aromatic N) is 4. The minimum Gasteiger partial charge on any atom is -0.305 e. The Bertz CT molecular complexity index is 554. The van der Waals surface area contributed by atoms with E-state index in [1.54, 1.807) is 6.20 Å². The van der Waals surface area contributed by atoms with Crippen molar-refractivity contribution in [3.63, 3.8) is 0 Å². The van der Waals surface area contributed by atoms with E-state index in [0.29, 0.717) is 6.04 Å². The summed E-state index contributed by atoms with van der Waals surface area (Å²) in [5.41, 5.74) is 3.01. The summed E-state index contributed by atoms with van der Waals surface area (Å²) in [5.74, 6) is 0. The van der Waals surface area contributed by atoms with Crippen LogP contribution in [0, 0.1) is 6.92 Å². The topological polar surface area (TPSA) is 55.6 Å². The van der Waals surface area contributed by atoms with Gasteiger partial charge in [-0.1, -0.05) is 19.3 Å². The molecule has 5 heteroatoms. The van der Waals surface area contributed by atoms with Crippen LogP contribution in [0.1, 0.15) is 55.2 Å². The monoisotopic (exact) mass is 285 g/mol. The molecule has 1 N–H and O–H groups in total. The smallest absolute Gasteiger partial charge is 0.0762 e. The molecule has 0 unspecified atom stereocenters. The van der Waals surface area contributed by atoms with Gasteiger partial charge in [-0.3, -0.25) is 14.6 Å². The molecule has 0 bridgehead atoms. The van der Waals surface area contributed by atoms with Gasteiger partial charge in [0.25, 0.3) is 0 Å². The first-order chi connectivity index (χ1) is 10.3. The van der Waals surface area contributed by atoms with Crippen molar-refractivity contribution < 1.29 is 0 Å². The molecule has 1 saturated carbocycles. The Hall–Kier alpha value is -1.75. The lowest BCUT2D eigenvalue weighted by Gasteiger charge is -2.21. The van der Waals surface area contributed by atoms with Gasteiger partial charge in [-0.2, -0.15) is 5.10 Å². The summed E-state index contributed by atoms with van der Waals surface area (Å²) >= 11 is 0. The van der Waals surface area contributed by atoms with Gasteiger partial charge in [-0.05, 0) is 25.8 Å². The largest absolute Gasteiger partial charge is 0.305 e. The number of nitrogens with one attached hydrogen (secondary N) is 1. The molecule has 2 aromatic rings. The minimum atomic E-state index is 0.607. The van der Waals surface area contributed by atoms with Gasteiger partial charge in [-0.25, -0.2) is 0 Å². The SMILES string of the molecule is Cc1cnc(CNCc2ccn(C3CCCCC3)n2)cn1. The molecule has 0 amide bonds. The zero-order chi connectivity index (χ0) is 14.5. The number of hydrogen-bond acceptors (Lipinski definition) is 4. The van der Waals surface area contributed by atoms with E-state index in [2.05, 4.69) is 32.2 Å². The molecule has 0 radical (unpaired) electrons. The zero-order valence-corrected chi connectivity index (χ0v) is 12.6. The van der Waals surface area contributed by atoms with Crippen molar-refractivity contribution in [2.24, 2.45) is 0 Å². The second kappa shape index (κ2) is 6.80. The van der Waals surface area contributed by atoms with E-state index in [-0.39, 0.29) is 0 Å². The van der Waals surface area contributed by atoms with Gasteiger partial charge in [0.05, 0.1) is 23.1 Å². The van der Waals surface area contributed by atoms with Gasteiger partial charge in [0.2, 0.25) is 0 Å². The van der Waals surface area contributed by atoms with Gasteiger partial charge in [0.1, 0.15) is 0 Å². The van der Waals surface area contributed by atoms with Crippen molar-refractivity contribution in [1.29, 1.82) is 0 Å². The first kappa shape index (κ1) is 14.2. The molecule has 0 aromatic carbocycles. The van der Waals surface area contributed by atoms with Gasteiger partial charge >= 0.3 is 0 Å². The predicted molar refractivity (Wildman–Crippen MR) is 81.7 cm³/mol. The Morgan fingerprint density at radius 1 is 1.10 bits per heavy atom. The standard InChI is InChI=1S/C16H23N5/c1-13-9-19-15(12-18-13)11-17-10-14-7-8-21(20-14)16-5-3-2-4-6-16/h7-9,12,16-17H,2-6,10-11H2,1H3. The number of hydrogen-bond donors (Lipinski definition) is 1. The van der Waals surface area contributed by atoms with Crippen LogP contribution >= 0.6 is 0 Å². The van der Waals surface area contributed by atoms with Gasteiger partial charge in [0.15, 0.2) is 0 Å². The Morgan fingerprint density at radius 2 is 1.90 bits per heavy atom. The average Bonchev–Trinajstić information content (AvgIpc) is 2.99. The number of aromatic nitrogens is 4. The van der Waals surface area contributed by atoms with E-state index >= 15 is 0 Å². The fraction of sp³-hybridized carbons (Fsp3) is 0.562. The van der Waals surface area contributed by atoms with Crippen LogP contribution in [-0.2, 0) is 13.1 Å². The Labute approximate surface area is 125 Å². The first-order valence-electron chi connectivity index (χ1n) is 7.83. The Morgan fingerprint density at radius 3 is 2.67 bits per heavy atom. The summed E-state index contributed by atoms with van der Waals surface area (Å²) in [4.78, 5) is 8.59. The van der Waals surface area contributed by atoms with Crippen LogP contribution in [0.5, 0.6) is 0 Å². The summed E-state index contributed by atoms with van der Waals surface area (Å²) in [6.07, 6.45) is 12.3. The third-order valence-corrected chi connectivity index (χ3v) is 4.06. The van der Waals surface area contributed by atoms with Gasteiger partial charge < -0.3 is 5.32 Å². The highest BCUT2D eigenvalue weighted by molar-refractivity contribution is 5.02. The third-order valence-electron chi connectivity index (χ3n) is 4.06. The van der Waals surface area contributed by atoms with Crippen LogP contribution in [0.15, 0.2) is 24.7 Å². The molecule has 0 atom stereocenters. The highest BCUT2D eigenvalue weighted by Crippen LogP contribution is 2.27. The molecule has 21 heavy (non-hydrogen) atoms. The molecule has 0 saturated heterocycles. The lowest BCUT2D eigenvalue weighted by Crippen LogP contribution is -2.16. The highest BCUT2D eigenvalue weighted by atomic mass is 15.3. The molecule has 2 heterocycles. The fourth-order valence-electron chi connectivity index (χ4n) is 2.85. The van der Waals surface area contributed by atoms with E-state index in [0.717, 1.165) is 30.2 Å². The van der Waals surface area contributed by atoms with E-state index in [9.17, 15) is 0 Å².